The Kier molecular flexibility index (Phi) is 7.44. The molecule has 1 nitrogen and oxygen atoms in total. The molecule has 0 atom stereocenters. The summed E-state index contributed by atoms with van der Waals surface area (Å²) in [6.07, 6.45) is 7.91. The van der Waals surface area contributed by atoms with Gasteiger partial charge in [-0.3, -0.25) is 0 Å². The van der Waals surface area contributed by atoms with Gasteiger partial charge in [0.1, 0.15) is 0 Å². The number of rotatable bonds is 3. The molecule has 1 N–H and O–H groups in total. The second-order valence-corrected chi connectivity index (χ2v) is 18.9. The van der Waals surface area contributed by atoms with Crippen molar-refractivity contribution in [1.29, 1.82) is 0 Å². The van der Waals surface area contributed by atoms with Gasteiger partial charge in [0, 0.05) is 17.6 Å². The average molecular weight is 396 g/mol. The summed E-state index contributed by atoms with van der Waals surface area (Å²) in [7, 11) is -0.385. The molecule has 0 saturated heterocycles. The van der Waals surface area contributed by atoms with E-state index in [1.807, 2.05) is 0 Å². The Labute approximate surface area is 166 Å². The Morgan fingerprint density at radius 1 is 0.769 bits per heavy atom. The molecule has 3 heteroatoms. The molecule has 0 aromatic rings. The zero-order valence-electron chi connectivity index (χ0n) is 19.4. The Morgan fingerprint density at radius 3 is 1.62 bits per heavy atom. The van der Waals surface area contributed by atoms with Crippen LogP contribution in [-0.4, -0.2) is 26.8 Å². The minimum Gasteiger partial charge on any atom is -0.359 e. The van der Waals surface area contributed by atoms with Crippen LogP contribution in [0.15, 0.2) is 35.4 Å². The number of dihydropyridines is 1. The Balaban J connectivity index is 3.06. The fourth-order valence-corrected chi connectivity index (χ4v) is 10.6. The molecule has 0 aliphatic carbocycles. The van der Waals surface area contributed by atoms with Crippen molar-refractivity contribution < 1.29 is 0 Å². The van der Waals surface area contributed by atoms with Gasteiger partial charge in [0.05, 0.1) is 0 Å². The third kappa shape index (κ3) is 7.13. The molecule has 0 unspecified atom stereocenters. The van der Waals surface area contributed by atoms with Crippen LogP contribution in [0.4, 0.5) is 0 Å². The van der Waals surface area contributed by atoms with Crippen LogP contribution in [0, 0.1) is 0 Å². The summed E-state index contributed by atoms with van der Waals surface area (Å²) in [5.41, 5.74) is 2.67. The molecular formula is C23H43NP2. The molecule has 0 bridgehead atoms. The molecule has 0 aromatic heterocycles. The lowest BCUT2D eigenvalue weighted by Crippen LogP contribution is -2.30. The molecule has 0 amide bonds. The molecule has 150 valence electrons. The van der Waals surface area contributed by atoms with Gasteiger partial charge in [-0.05, 0) is 38.6 Å². The second-order valence-electron chi connectivity index (χ2n) is 11.4. The number of hydrogen-bond donors (Lipinski definition) is 1. The van der Waals surface area contributed by atoms with Gasteiger partial charge in [-0.1, -0.05) is 105 Å². The first-order chi connectivity index (χ1) is 11.4. The van der Waals surface area contributed by atoms with Crippen LogP contribution in [-0.2, 0) is 0 Å². The molecule has 0 fully saturated rings. The maximum Gasteiger partial charge on any atom is 0.0387 e. The largest absolute Gasteiger partial charge is 0.359 e. The number of hydrogen-bond acceptors (Lipinski definition) is 1. The van der Waals surface area contributed by atoms with Crippen LogP contribution in [0.2, 0.25) is 0 Å². The zero-order valence-corrected chi connectivity index (χ0v) is 21.2. The molecular weight excluding hydrogens is 352 g/mol. The molecule has 0 radical (unpaired) electrons. The number of nitrogens with one attached hydrogen (secondary N) is 1. The van der Waals surface area contributed by atoms with E-state index in [1.165, 1.54) is 11.4 Å². The van der Waals surface area contributed by atoms with E-state index < -0.39 is 0 Å². The van der Waals surface area contributed by atoms with Crippen molar-refractivity contribution in [3.05, 3.63) is 35.4 Å². The van der Waals surface area contributed by atoms with E-state index in [-0.39, 0.29) is 15.8 Å². The van der Waals surface area contributed by atoms with Crippen LogP contribution in [0.1, 0.15) is 83.1 Å². The lowest BCUT2D eigenvalue weighted by Gasteiger charge is -2.42. The molecule has 0 spiro atoms. The quantitative estimate of drug-likeness (QED) is 0.477. The van der Waals surface area contributed by atoms with Gasteiger partial charge in [-0.2, -0.15) is 0 Å². The monoisotopic (exact) mass is 395 g/mol. The smallest absolute Gasteiger partial charge is 0.0387 e. The maximum atomic E-state index is 3.77. The summed E-state index contributed by atoms with van der Waals surface area (Å²) in [4.78, 5) is 0. The lowest BCUT2D eigenvalue weighted by atomic mass is 10.2. The van der Waals surface area contributed by atoms with E-state index in [4.69, 9.17) is 0 Å². The fraction of sp³-hybridized carbons (Fsp3) is 0.739. The zero-order chi connectivity index (χ0) is 20.6. The molecule has 26 heavy (non-hydrogen) atoms. The maximum absolute atomic E-state index is 3.77. The van der Waals surface area contributed by atoms with Gasteiger partial charge in [-0.25, -0.2) is 0 Å². The van der Waals surface area contributed by atoms with E-state index in [0.717, 1.165) is 6.16 Å². The van der Waals surface area contributed by atoms with Gasteiger partial charge < -0.3 is 5.32 Å². The highest BCUT2D eigenvalue weighted by Gasteiger charge is 2.35. The SMILES string of the molecule is CC(C)(C)P(/C=C1/C=CC=C(CP(C(C)(C)C)C(C)(C)C)N1)C(C)(C)C. The summed E-state index contributed by atoms with van der Waals surface area (Å²) in [5, 5.41) is 5.09. The molecule has 1 aliphatic rings. The summed E-state index contributed by atoms with van der Waals surface area (Å²) >= 11 is 0. The van der Waals surface area contributed by atoms with E-state index in [2.05, 4.69) is 112 Å². The van der Waals surface area contributed by atoms with Gasteiger partial charge >= 0.3 is 0 Å². The van der Waals surface area contributed by atoms with Crippen molar-refractivity contribution in [1.82, 2.24) is 5.32 Å². The van der Waals surface area contributed by atoms with Gasteiger partial charge in [0.2, 0.25) is 0 Å². The lowest BCUT2D eigenvalue weighted by molar-refractivity contribution is 0.704. The Bertz CT molecular complexity index is 541. The van der Waals surface area contributed by atoms with Crippen LogP contribution in [0.5, 0.6) is 0 Å². The molecule has 0 saturated carbocycles. The summed E-state index contributed by atoms with van der Waals surface area (Å²) in [5.74, 6) is 2.52. The minimum absolute atomic E-state index is 0.137. The fourth-order valence-electron chi connectivity index (χ4n) is 3.89. The van der Waals surface area contributed by atoms with Crippen molar-refractivity contribution in [3.8, 4) is 0 Å². The Hall–Kier alpha value is -0.120. The normalized spacial score (nSPS) is 18.5. The van der Waals surface area contributed by atoms with Crippen molar-refractivity contribution >= 4 is 15.8 Å². The molecule has 0 aromatic carbocycles. The van der Waals surface area contributed by atoms with E-state index in [0.29, 0.717) is 20.6 Å². The first-order valence-corrected chi connectivity index (χ1v) is 12.8. The average Bonchev–Trinajstić information content (AvgIpc) is 2.37. The topological polar surface area (TPSA) is 12.0 Å². The highest BCUT2D eigenvalue weighted by atomic mass is 31.1. The highest BCUT2D eigenvalue weighted by molar-refractivity contribution is 7.64. The van der Waals surface area contributed by atoms with E-state index in [1.54, 1.807) is 0 Å². The van der Waals surface area contributed by atoms with Crippen LogP contribution < -0.4 is 5.32 Å². The third-order valence-corrected chi connectivity index (χ3v) is 11.9. The molecule has 1 aliphatic heterocycles. The van der Waals surface area contributed by atoms with Crippen molar-refractivity contribution in [2.75, 3.05) is 6.16 Å². The van der Waals surface area contributed by atoms with Gasteiger partial charge in [0.15, 0.2) is 0 Å². The first kappa shape index (κ1) is 23.9. The minimum atomic E-state index is -0.248. The van der Waals surface area contributed by atoms with E-state index in [9.17, 15) is 0 Å². The third-order valence-electron chi connectivity index (χ3n) is 4.54. The summed E-state index contributed by atoms with van der Waals surface area (Å²) in [6.45, 7) is 28.7. The van der Waals surface area contributed by atoms with Crippen LogP contribution >= 0.6 is 15.8 Å². The van der Waals surface area contributed by atoms with E-state index >= 15 is 0 Å². The summed E-state index contributed by atoms with van der Waals surface area (Å²) in [6, 6.07) is 0. The van der Waals surface area contributed by atoms with Crippen LogP contribution in [0.3, 0.4) is 0 Å². The van der Waals surface area contributed by atoms with Gasteiger partial charge in [0.25, 0.3) is 0 Å². The van der Waals surface area contributed by atoms with Crippen LogP contribution in [0.25, 0.3) is 0 Å². The predicted octanol–water partition coefficient (Wildman–Crippen LogP) is 8.03. The Morgan fingerprint density at radius 2 is 1.23 bits per heavy atom. The van der Waals surface area contributed by atoms with Crippen molar-refractivity contribution in [3.63, 3.8) is 0 Å². The standard InChI is InChI=1S/C23H43NP2/c1-20(2,3)25(21(4,5)6)16-18-14-13-15-19(24-18)17-26(22(7,8)9)23(10,11)12/h13-16,24H,17H2,1-12H3/b18-16-. The van der Waals surface area contributed by atoms with Gasteiger partial charge in [-0.15, -0.1) is 0 Å². The second kappa shape index (κ2) is 8.09. The van der Waals surface area contributed by atoms with Crippen molar-refractivity contribution in [2.45, 2.75) is 104 Å². The highest BCUT2D eigenvalue weighted by Crippen LogP contribution is 2.61. The van der Waals surface area contributed by atoms with Crippen molar-refractivity contribution in [2.24, 2.45) is 0 Å². The molecule has 1 rings (SSSR count). The first-order valence-electron chi connectivity index (χ1n) is 9.86. The predicted molar refractivity (Wildman–Crippen MR) is 126 cm³/mol. The molecule has 1 heterocycles. The summed E-state index contributed by atoms with van der Waals surface area (Å²) < 4.78 is 0. The number of allylic oxidation sites excluding steroid dienone is 4.